The molecule has 26 heavy (non-hydrogen) atoms. The minimum Gasteiger partial charge on any atom is -0.463 e. The third-order valence-electron chi connectivity index (χ3n) is 3.68. The molecule has 11 heteroatoms. The number of furan rings is 1. The number of nitro benzene ring substituents is 1. The van der Waals surface area contributed by atoms with Gasteiger partial charge < -0.3 is 9.15 Å². The zero-order chi connectivity index (χ0) is 18.6. The van der Waals surface area contributed by atoms with E-state index in [2.05, 4.69) is 10.5 Å². The predicted molar refractivity (Wildman–Crippen MR) is 92.6 cm³/mol. The quantitative estimate of drug-likeness (QED) is 0.458. The maximum atomic E-state index is 12.9. The molecule has 1 aromatic heterocycles. The van der Waals surface area contributed by atoms with E-state index < -0.39 is 14.9 Å². The Morgan fingerprint density at radius 1 is 1.27 bits per heavy atom. The van der Waals surface area contributed by atoms with Crippen LogP contribution >= 0.6 is 0 Å². The van der Waals surface area contributed by atoms with Crippen LogP contribution in [0.4, 0.5) is 11.4 Å². The average molecular weight is 380 g/mol. The molecule has 0 atom stereocenters. The van der Waals surface area contributed by atoms with Gasteiger partial charge in [0, 0.05) is 25.2 Å². The summed E-state index contributed by atoms with van der Waals surface area (Å²) in [5.74, 6) is 0.469. The number of morpholine rings is 1. The van der Waals surface area contributed by atoms with Crippen molar-refractivity contribution in [1.29, 1.82) is 0 Å². The van der Waals surface area contributed by atoms with E-state index in [0.717, 1.165) is 6.07 Å². The number of nitrogens with zero attached hydrogens (tertiary/aromatic N) is 3. The lowest BCUT2D eigenvalue weighted by Gasteiger charge is -2.26. The van der Waals surface area contributed by atoms with E-state index in [0.29, 0.717) is 5.76 Å². The summed E-state index contributed by atoms with van der Waals surface area (Å²) in [5.41, 5.74) is 2.42. The first kappa shape index (κ1) is 18.0. The third kappa shape index (κ3) is 3.90. The second-order valence-electron chi connectivity index (χ2n) is 5.34. The van der Waals surface area contributed by atoms with Crippen LogP contribution in [0.5, 0.6) is 0 Å². The number of hydrazone groups is 1. The molecule has 2 heterocycles. The fraction of sp³-hybridized carbons (Fsp3) is 0.267. The number of non-ortho nitro benzene ring substituents is 1. The van der Waals surface area contributed by atoms with Gasteiger partial charge in [-0.2, -0.15) is 9.41 Å². The molecular formula is C15H16N4O6S. The minimum atomic E-state index is -3.94. The number of sulfonamides is 1. The Morgan fingerprint density at radius 2 is 2.04 bits per heavy atom. The van der Waals surface area contributed by atoms with Gasteiger partial charge in [-0.3, -0.25) is 15.5 Å². The van der Waals surface area contributed by atoms with Gasteiger partial charge in [0.05, 0.1) is 36.3 Å². The Balaban J connectivity index is 1.94. The van der Waals surface area contributed by atoms with E-state index in [1.165, 1.54) is 28.9 Å². The number of nitrogens with one attached hydrogen (secondary N) is 1. The molecule has 1 aliphatic heterocycles. The molecule has 0 unspecified atom stereocenters. The Bertz CT molecular complexity index is 904. The van der Waals surface area contributed by atoms with Gasteiger partial charge in [-0.05, 0) is 18.2 Å². The SMILES string of the molecule is O=[N+]([O-])c1ccc(N/N=C\c2ccco2)c(S(=O)(=O)N2CCOCC2)c1. The summed E-state index contributed by atoms with van der Waals surface area (Å²) in [6.45, 7) is 0.904. The fourth-order valence-electron chi connectivity index (χ4n) is 2.39. The van der Waals surface area contributed by atoms with E-state index in [1.54, 1.807) is 12.1 Å². The standard InChI is InChI=1S/C15H16N4O6S/c20-19(21)12-3-4-14(17-16-11-13-2-1-7-25-13)15(10-12)26(22,23)18-5-8-24-9-6-18/h1-4,7,10-11,17H,5-6,8-9H2/b16-11-. The Labute approximate surface area is 149 Å². The van der Waals surface area contributed by atoms with Gasteiger partial charge in [-0.15, -0.1) is 0 Å². The molecule has 0 radical (unpaired) electrons. The lowest BCUT2D eigenvalue weighted by molar-refractivity contribution is -0.385. The summed E-state index contributed by atoms with van der Waals surface area (Å²) in [4.78, 5) is 10.2. The van der Waals surface area contributed by atoms with E-state index in [4.69, 9.17) is 9.15 Å². The van der Waals surface area contributed by atoms with Crippen molar-refractivity contribution >= 4 is 27.6 Å². The molecule has 0 aliphatic carbocycles. The Hall–Kier alpha value is -2.76. The molecule has 2 aromatic rings. The maximum Gasteiger partial charge on any atom is 0.270 e. The monoisotopic (exact) mass is 380 g/mol. The highest BCUT2D eigenvalue weighted by atomic mass is 32.2. The molecule has 0 amide bonds. The van der Waals surface area contributed by atoms with Gasteiger partial charge in [0.25, 0.3) is 5.69 Å². The van der Waals surface area contributed by atoms with Crippen LogP contribution in [-0.2, 0) is 14.8 Å². The minimum absolute atomic E-state index is 0.130. The first-order chi connectivity index (χ1) is 12.5. The van der Waals surface area contributed by atoms with Gasteiger partial charge in [-0.25, -0.2) is 8.42 Å². The number of benzene rings is 1. The first-order valence-corrected chi connectivity index (χ1v) is 9.11. The molecule has 1 saturated heterocycles. The van der Waals surface area contributed by atoms with Crippen molar-refractivity contribution in [3.63, 3.8) is 0 Å². The zero-order valence-corrected chi connectivity index (χ0v) is 14.4. The largest absolute Gasteiger partial charge is 0.463 e. The molecule has 0 bridgehead atoms. The van der Waals surface area contributed by atoms with Crippen LogP contribution in [0.25, 0.3) is 0 Å². The van der Waals surface area contributed by atoms with Crippen LogP contribution in [0.2, 0.25) is 0 Å². The predicted octanol–water partition coefficient (Wildman–Crippen LogP) is 1.65. The molecule has 138 valence electrons. The second-order valence-corrected chi connectivity index (χ2v) is 7.25. The zero-order valence-electron chi connectivity index (χ0n) is 13.6. The van der Waals surface area contributed by atoms with Crippen LogP contribution in [0.3, 0.4) is 0 Å². The summed E-state index contributed by atoms with van der Waals surface area (Å²) < 4.78 is 37.3. The molecular weight excluding hydrogens is 364 g/mol. The van der Waals surface area contributed by atoms with Crippen molar-refractivity contribution in [2.75, 3.05) is 31.7 Å². The summed E-state index contributed by atoms with van der Waals surface area (Å²) in [7, 11) is -3.94. The molecule has 10 nitrogen and oxygen atoms in total. The Morgan fingerprint density at radius 3 is 2.69 bits per heavy atom. The molecule has 1 aliphatic rings. The summed E-state index contributed by atoms with van der Waals surface area (Å²) >= 11 is 0. The number of hydrogen-bond donors (Lipinski definition) is 1. The van der Waals surface area contributed by atoms with E-state index in [1.807, 2.05) is 0 Å². The smallest absolute Gasteiger partial charge is 0.270 e. The summed E-state index contributed by atoms with van der Waals surface area (Å²) in [6.07, 6.45) is 2.84. The molecule has 0 spiro atoms. The lowest BCUT2D eigenvalue weighted by Crippen LogP contribution is -2.40. The highest BCUT2D eigenvalue weighted by Crippen LogP contribution is 2.29. The van der Waals surface area contributed by atoms with Gasteiger partial charge >= 0.3 is 0 Å². The van der Waals surface area contributed by atoms with Gasteiger partial charge in [0.1, 0.15) is 10.7 Å². The van der Waals surface area contributed by atoms with Crippen LogP contribution in [0.15, 0.2) is 51.0 Å². The molecule has 0 saturated carbocycles. The number of anilines is 1. The van der Waals surface area contributed by atoms with E-state index >= 15 is 0 Å². The highest BCUT2D eigenvalue weighted by molar-refractivity contribution is 7.89. The van der Waals surface area contributed by atoms with E-state index in [-0.39, 0.29) is 42.6 Å². The van der Waals surface area contributed by atoms with Crippen molar-refractivity contribution < 1.29 is 22.5 Å². The van der Waals surface area contributed by atoms with Gasteiger partial charge in [-0.1, -0.05) is 0 Å². The maximum absolute atomic E-state index is 12.9. The fourth-order valence-corrected chi connectivity index (χ4v) is 3.96. The van der Waals surface area contributed by atoms with Crippen molar-refractivity contribution in [3.05, 3.63) is 52.5 Å². The van der Waals surface area contributed by atoms with Gasteiger partial charge in [0.2, 0.25) is 10.0 Å². The first-order valence-electron chi connectivity index (χ1n) is 7.67. The van der Waals surface area contributed by atoms with Crippen LogP contribution in [0, 0.1) is 10.1 Å². The molecule has 3 rings (SSSR count). The number of ether oxygens (including phenoxy) is 1. The van der Waals surface area contributed by atoms with Crippen LogP contribution < -0.4 is 5.43 Å². The highest BCUT2D eigenvalue weighted by Gasteiger charge is 2.30. The van der Waals surface area contributed by atoms with Crippen LogP contribution in [0.1, 0.15) is 5.76 Å². The number of nitro groups is 1. The number of hydrogen-bond acceptors (Lipinski definition) is 8. The summed E-state index contributed by atoms with van der Waals surface area (Å²) in [6, 6.07) is 6.90. The summed E-state index contributed by atoms with van der Waals surface area (Å²) in [5, 5.41) is 15.0. The lowest BCUT2D eigenvalue weighted by atomic mass is 10.3. The third-order valence-corrected chi connectivity index (χ3v) is 5.62. The van der Waals surface area contributed by atoms with E-state index in [9.17, 15) is 18.5 Å². The van der Waals surface area contributed by atoms with Crippen molar-refractivity contribution in [3.8, 4) is 0 Å². The number of rotatable bonds is 6. The normalized spacial score (nSPS) is 16.0. The Kier molecular flexibility index (Phi) is 5.30. The molecule has 1 N–H and O–H groups in total. The molecule has 1 aromatic carbocycles. The second kappa shape index (κ2) is 7.64. The van der Waals surface area contributed by atoms with Gasteiger partial charge in [0.15, 0.2) is 0 Å². The van der Waals surface area contributed by atoms with Crippen molar-refractivity contribution in [1.82, 2.24) is 4.31 Å². The van der Waals surface area contributed by atoms with Crippen molar-refractivity contribution in [2.24, 2.45) is 5.10 Å². The molecule has 1 fully saturated rings. The average Bonchev–Trinajstić information content (AvgIpc) is 3.16. The van der Waals surface area contributed by atoms with Crippen molar-refractivity contribution in [2.45, 2.75) is 4.90 Å². The topological polar surface area (TPSA) is 127 Å². The van der Waals surface area contributed by atoms with Crippen LogP contribution in [-0.4, -0.2) is 50.2 Å².